The van der Waals surface area contributed by atoms with Crippen LogP contribution in [-0.4, -0.2) is 30.8 Å². The van der Waals surface area contributed by atoms with E-state index in [-0.39, 0.29) is 23.6 Å². The van der Waals surface area contributed by atoms with Crippen molar-refractivity contribution in [3.05, 3.63) is 65.7 Å². The van der Waals surface area contributed by atoms with Crippen molar-refractivity contribution in [2.24, 2.45) is 11.8 Å². The summed E-state index contributed by atoms with van der Waals surface area (Å²) in [5.74, 6) is 0.311. The number of nitrogens with one attached hydrogen (secondary N) is 3. The maximum Gasteiger partial charge on any atom is 0.251 e. The van der Waals surface area contributed by atoms with Gasteiger partial charge in [-0.1, -0.05) is 37.3 Å². The molecule has 28 heavy (non-hydrogen) atoms. The van der Waals surface area contributed by atoms with E-state index in [1.807, 2.05) is 30.3 Å². The first-order valence-electron chi connectivity index (χ1n) is 9.52. The number of carbonyl (C=O) groups excluding carboxylic acids is 3. The third-order valence-corrected chi connectivity index (χ3v) is 4.80. The molecule has 3 rings (SSSR count). The van der Waals surface area contributed by atoms with Gasteiger partial charge in [-0.2, -0.15) is 0 Å². The SMILES string of the molecule is CC1CC1C(=O)Nc1ccc(C(=O)NCCNC(=O)Cc2ccccc2)cc1. The molecule has 6 heteroatoms. The fourth-order valence-electron chi connectivity index (χ4n) is 2.95. The Balaban J connectivity index is 1.36. The van der Waals surface area contributed by atoms with Crippen LogP contribution in [0.15, 0.2) is 54.6 Å². The van der Waals surface area contributed by atoms with E-state index >= 15 is 0 Å². The van der Waals surface area contributed by atoms with Gasteiger partial charge in [0.2, 0.25) is 11.8 Å². The van der Waals surface area contributed by atoms with Crippen LogP contribution in [0.1, 0.15) is 29.3 Å². The third kappa shape index (κ3) is 5.67. The molecule has 1 aliphatic rings. The van der Waals surface area contributed by atoms with E-state index in [0.717, 1.165) is 12.0 Å². The highest BCUT2D eigenvalue weighted by molar-refractivity contribution is 5.97. The van der Waals surface area contributed by atoms with Gasteiger partial charge in [0, 0.05) is 30.3 Å². The lowest BCUT2D eigenvalue weighted by molar-refractivity contribution is -0.120. The third-order valence-electron chi connectivity index (χ3n) is 4.80. The number of amides is 3. The van der Waals surface area contributed by atoms with Crippen LogP contribution in [-0.2, 0) is 16.0 Å². The smallest absolute Gasteiger partial charge is 0.251 e. The number of benzene rings is 2. The predicted octanol–water partition coefficient (Wildman–Crippen LogP) is 2.37. The molecule has 2 aromatic carbocycles. The van der Waals surface area contributed by atoms with Crippen molar-refractivity contribution in [3.8, 4) is 0 Å². The van der Waals surface area contributed by atoms with Crippen molar-refractivity contribution in [2.45, 2.75) is 19.8 Å². The summed E-state index contributed by atoms with van der Waals surface area (Å²) < 4.78 is 0. The van der Waals surface area contributed by atoms with Crippen LogP contribution in [0.5, 0.6) is 0 Å². The number of rotatable bonds is 8. The van der Waals surface area contributed by atoms with Crippen LogP contribution >= 0.6 is 0 Å². The molecule has 0 aliphatic heterocycles. The molecule has 2 unspecified atom stereocenters. The zero-order valence-electron chi connectivity index (χ0n) is 15.9. The second kappa shape index (κ2) is 9.17. The van der Waals surface area contributed by atoms with Crippen LogP contribution < -0.4 is 16.0 Å². The second-order valence-corrected chi connectivity index (χ2v) is 7.15. The lowest BCUT2D eigenvalue weighted by atomic mass is 10.1. The van der Waals surface area contributed by atoms with Gasteiger partial charge >= 0.3 is 0 Å². The van der Waals surface area contributed by atoms with E-state index in [1.54, 1.807) is 24.3 Å². The fraction of sp³-hybridized carbons (Fsp3) is 0.318. The minimum atomic E-state index is -0.217. The van der Waals surface area contributed by atoms with Gasteiger partial charge in [0.25, 0.3) is 5.91 Å². The topological polar surface area (TPSA) is 87.3 Å². The Hall–Kier alpha value is -3.15. The van der Waals surface area contributed by atoms with Crippen LogP contribution in [0.25, 0.3) is 0 Å². The van der Waals surface area contributed by atoms with Crippen LogP contribution in [0.4, 0.5) is 5.69 Å². The summed E-state index contributed by atoms with van der Waals surface area (Å²) in [6, 6.07) is 16.3. The Morgan fingerprint density at radius 3 is 2.21 bits per heavy atom. The lowest BCUT2D eigenvalue weighted by Crippen LogP contribution is -2.35. The highest BCUT2D eigenvalue weighted by Crippen LogP contribution is 2.38. The molecule has 0 radical (unpaired) electrons. The van der Waals surface area contributed by atoms with Gasteiger partial charge < -0.3 is 16.0 Å². The lowest BCUT2D eigenvalue weighted by Gasteiger charge is -2.08. The minimum Gasteiger partial charge on any atom is -0.354 e. The van der Waals surface area contributed by atoms with Crippen molar-refractivity contribution in [1.29, 1.82) is 0 Å². The molecule has 0 bridgehead atoms. The average Bonchev–Trinajstić information content (AvgIpc) is 3.43. The van der Waals surface area contributed by atoms with E-state index in [4.69, 9.17) is 0 Å². The highest BCUT2D eigenvalue weighted by atomic mass is 16.2. The normalized spacial score (nSPS) is 17.5. The molecule has 0 spiro atoms. The molecular formula is C22H25N3O3. The van der Waals surface area contributed by atoms with E-state index < -0.39 is 0 Å². The molecule has 3 amide bonds. The average molecular weight is 379 g/mol. The largest absolute Gasteiger partial charge is 0.354 e. The van der Waals surface area contributed by atoms with Gasteiger partial charge in [0.05, 0.1) is 6.42 Å². The van der Waals surface area contributed by atoms with Crippen molar-refractivity contribution >= 4 is 23.4 Å². The first-order valence-corrected chi connectivity index (χ1v) is 9.52. The Bertz CT molecular complexity index is 834. The van der Waals surface area contributed by atoms with E-state index in [9.17, 15) is 14.4 Å². The Morgan fingerprint density at radius 2 is 1.57 bits per heavy atom. The molecule has 0 heterocycles. The first-order chi connectivity index (χ1) is 13.5. The predicted molar refractivity (Wildman–Crippen MR) is 108 cm³/mol. The van der Waals surface area contributed by atoms with Crippen molar-refractivity contribution in [2.75, 3.05) is 18.4 Å². The standard InChI is InChI=1S/C22H25N3O3/c1-15-13-19(15)22(28)25-18-9-7-17(8-10-18)21(27)24-12-11-23-20(26)14-16-5-3-2-4-6-16/h2-10,15,19H,11-14H2,1H3,(H,23,26)(H,24,27)(H,25,28). The Morgan fingerprint density at radius 1 is 0.929 bits per heavy atom. The zero-order chi connectivity index (χ0) is 19.9. The maximum atomic E-state index is 12.2. The van der Waals surface area contributed by atoms with E-state index in [1.165, 1.54) is 0 Å². The number of hydrogen-bond donors (Lipinski definition) is 3. The molecule has 1 saturated carbocycles. The maximum absolute atomic E-state index is 12.2. The molecule has 0 saturated heterocycles. The summed E-state index contributed by atoms with van der Waals surface area (Å²) in [5, 5.41) is 8.43. The second-order valence-electron chi connectivity index (χ2n) is 7.15. The van der Waals surface area contributed by atoms with E-state index in [0.29, 0.717) is 36.7 Å². The van der Waals surface area contributed by atoms with Crippen LogP contribution in [0.3, 0.4) is 0 Å². The zero-order valence-corrected chi connectivity index (χ0v) is 15.9. The van der Waals surface area contributed by atoms with Gasteiger partial charge in [-0.15, -0.1) is 0 Å². The Kier molecular flexibility index (Phi) is 6.42. The number of anilines is 1. The van der Waals surface area contributed by atoms with E-state index in [2.05, 4.69) is 22.9 Å². The molecule has 146 valence electrons. The van der Waals surface area contributed by atoms with Crippen molar-refractivity contribution < 1.29 is 14.4 Å². The summed E-state index contributed by atoms with van der Waals surface area (Å²) in [4.78, 5) is 36.0. The summed E-state index contributed by atoms with van der Waals surface area (Å²) in [5.41, 5.74) is 2.15. The van der Waals surface area contributed by atoms with Gasteiger partial charge in [-0.3, -0.25) is 14.4 Å². The highest BCUT2D eigenvalue weighted by Gasteiger charge is 2.39. The van der Waals surface area contributed by atoms with Gasteiger partial charge in [-0.05, 0) is 42.2 Å². The van der Waals surface area contributed by atoms with Gasteiger partial charge in [-0.25, -0.2) is 0 Å². The summed E-state index contributed by atoms with van der Waals surface area (Å²) in [6.07, 6.45) is 1.26. The summed E-state index contributed by atoms with van der Waals surface area (Å²) in [7, 11) is 0. The first kappa shape index (κ1) is 19.6. The van der Waals surface area contributed by atoms with Crippen LogP contribution in [0, 0.1) is 11.8 Å². The van der Waals surface area contributed by atoms with Crippen molar-refractivity contribution in [3.63, 3.8) is 0 Å². The van der Waals surface area contributed by atoms with Gasteiger partial charge in [0.1, 0.15) is 0 Å². The van der Waals surface area contributed by atoms with Gasteiger partial charge in [0.15, 0.2) is 0 Å². The summed E-state index contributed by atoms with van der Waals surface area (Å²) in [6.45, 7) is 2.77. The molecular weight excluding hydrogens is 354 g/mol. The monoisotopic (exact) mass is 379 g/mol. The molecule has 2 aromatic rings. The molecule has 0 aromatic heterocycles. The summed E-state index contributed by atoms with van der Waals surface area (Å²) >= 11 is 0. The molecule has 1 aliphatic carbocycles. The molecule has 6 nitrogen and oxygen atoms in total. The fourth-order valence-corrected chi connectivity index (χ4v) is 2.95. The molecule has 2 atom stereocenters. The molecule has 3 N–H and O–H groups in total. The minimum absolute atomic E-state index is 0.0379. The number of hydrogen-bond acceptors (Lipinski definition) is 3. The van der Waals surface area contributed by atoms with Crippen molar-refractivity contribution in [1.82, 2.24) is 10.6 Å². The quantitative estimate of drug-likeness (QED) is 0.616. The molecule has 1 fully saturated rings. The number of carbonyl (C=O) groups is 3. The van der Waals surface area contributed by atoms with Crippen LogP contribution in [0.2, 0.25) is 0 Å². The Labute approximate surface area is 164 Å².